The van der Waals surface area contributed by atoms with E-state index in [-0.39, 0.29) is 17.5 Å². The quantitative estimate of drug-likeness (QED) is 0.448. The number of pyridine rings is 2. The summed E-state index contributed by atoms with van der Waals surface area (Å²) in [5, 5.41) is 2.04. The van der Waals surface area contributed by atoms with Crippen LogP contribution in [0.5, 0.6) is 0 Å². The van der Waals surface area contributed by atoms with Crippen LogP contribution >= 0.6 is 0 Å². The van der Waals surface area contributed by atoms with Crippen LogP contribution in [0, 0.1) is 5.82 Å². The summed E-state index contributed by atoms with van der Waals surface area (Å²) < 4.78 is 14.8. The number of hydrogen-bond donors (Lipinski definition) is 2. The number of carbonyl (C=O) groups is 1. The lowest BCUT2D eigenvalue weighted by Crippen LogP contribution is -2.42. The molecule has 8 heteroatoms. The molecule has 0 unspecified atom stereocenters. The Labute approximate surface area is 209 Å². The molecule has 5 rings (SSSR count). The maximum Gasteiger partial charge on any atom is 0.253 e. The number of hydrogen-bond acceptors (Lipinski definition) is 6. The van der Waals surface area contributed by atoms with Crippen LogP contribution in [0.25, 0.3) is 33.4 Å². The maximum absolute atomic E-state index is 14.8. The summed E-state index contributed by atoms with van der Waals surface area (Å²) >= 11 is 0. The van der Waals surface area contributed by atoms with Gasteiger partial charge in [-0.1, -0.05) is 12.1 Å². The molecule has 1 aliphatic rings. The van der Waals surface area contributed by atoms with Crippen LogP contribution in [0.2, 0.25) is 0 Å². The standard InChI is InChI=1S/C28H29FN6O/c1-34(2)28(36)17-8-9-22(29)21(13-17)24-11-10-23(31)27(33-24)25-14-20-18(15-32-25)5-3-7-26(20)35-12-4-6-19(30)16-35/h3,5,7-11,13-15,19H,4,6,12,16,30-31H2,1-2H3/t19-/m0/s1. The summed E-state index contributed by atoms with van der Waals surface area (Å²) in [6.45, 7) is 1.75. The Kier molecular flexibility index (Phi) is 6.28. The van der Waals surface area contributed by atoms with Gasteiger partial charge in [-0.2, -0.15) is 0 Å². The van der Waals surface area contributed by atoms with Crippen molar-refractivity contribution in [2.45, 2.75) is 18.9 Å². The van der Waals surface area contributed by atoms with Crippen molar-refractivity contribution in [3.8, 4) is 22.6 Å². The number of benzene rings is 2. The van der Waals surface area contributed by atoms with E-state index in [4.69, 9.17) is 16.5 Å². The minimum absolute atomic E-state index is 0.148. The molecule has 4 N–H and O–H groups in total. The summed E-state index contributed by atoms with van der Waals surface area (Å²) in [4.78, 5) is 25.5. The first-order valence-corrected chi connectivity index (χ1v) is 12.0. The van der Waals surface area contributed by atoms with E-state index in [2.05, 4.69) is 16.0 Å². The Morgan fingerprint density at radius 1 is 1.11 bits per heavy atom. The SMILES string of the molecule is CN(C)C(=O)c1ccc(F)c(-c2ccc(N)c(-c3cc4c(N5CCC[C@H](N)C5)cccc4cn3)n2)c1. The summed E-state index contributed by atoms with van der Waals surface area (Å²) in [6, 6.07) is 15.9. The molecule has 2 aromatic carbocycles. The molecule has 0 radical (unpaired) electrons. The molecule has 0 bridgehead atoms. The fraction of sp³-hybridized carbons (Fsp3) is 0.250. The first-order chi connectivity index (χ1) is 17.3. The van der Waals surface area contributed by atoms with Gasteiger partial charge in [-0.05, 0) is 55.3 Å². The Morgan fingerprint density at radius 3 is 2.72 bits per heavy atom. The smallest absolute Gasteiger partial charge is 0.253 e. The Morgan fingerprint density at radius 2 is 1.94 bits per heavy atom. The van der Waals surface area contributed by atoms with Crippen molar-refractivity contribution in [1.82, 2.24) is 14.9 Å². The lowest BCUT2D eigenvalue weighted by molar-refractivity contribution is 0.0827. The molecule has 1 amide bonds. The van der Waals surface area contributed by atoms with E-state index in [1.54, 1.807) is 26.2 Å². The van der Waals surface area contributed by atoms with Crippen LogP contribution in [0.15, 0.2) is 60.8 Å². The van der Waals surface area contributed by atoms with Crippen molar-refractivity contribution in [3.05, 3.63) is 72.2 Å². The van der Waals surface area contributed by atoms with Gasteiger partial charge in [0.15, 0.2) is 0 Å². The van der Waals surface area contributed by atoms with Gasteiger partial charge in [0.2, 0.25) is 0 Å². The van der Waals surface area contributed by atoms with E-state index in [0.29, 0.717) is 28.3 Å². The normalized spacial score (nSPS) is 15.8. The second kappa shape index (κ2) is 9.54. The van der Waals surface area contributed by atoms with Gasteiger partial charge < -0.3 is 21.3 Å². The molecule has 1 fully saturated rings. The zero-order valence-electron chi connectivity index (χ0n) is 20.4. The number of piperidine rings is 1. The summed E-state index contributed by atoms with van der Waals surface area (Å²) in [6.07, 6.45) is 3.88. The summed E-state index contributed by atoms with van der Waals surface area (Å²) in [5.41, 5.74) is 16.1. The van der Waals surface area contributed by atoms with Crippen LogP contribution in [-0.2, 0) is 0 Å². The minimum atomic E-state index is -0.469. The van der Waals surface area contributed by atoms with Gasteiger partial charge in [-0.3, -0.25) is 9.78 Å². The molecule has 1 aliphatic heterocycles. The predicted molar refractivity (Wildman–Crippen MR) is 142 cm³/mol. The minimum Gasteiger partial charge on any atom is -0.397 e. The monoisotopic (exact) mass is 484 g/mol. The van der Waals surface area contributed by atoms with Crippen LogP contribution < -0.4 is 16.4 Å². The van der Waals surface area contributed by atoms with Gasteiger partial charge in [-0.15, -0.1) is 0 Å². The first kappa shape index (κ1) is 23.7. The zero-order chi connectivity index (χ0) is 25.4. The number of nitrogens with zero attached hydrogens (tertiary/aromatic N) is 4. The highest BCUT2D eigenvalue weighted by Crippen LogP contribution is 2.34. The average molecular weight is 485 g/mol. The second-order valence-electron chi connectivity index (χ2n) is 9.44. The molecular formula is C28H29FN6O. The maximum atomic E-state index is 14.8. The van der Waals surface area contributed by atoms with Crippen molar-refractivity contribution in [3.63, 3.8) is 0 Å². The highest BCUT2D eigenvalue weighted by molar-refractivity contribution is 5.97. The summed E-state index contributed by atoms with van der Waals surface area (Å²) in [5.74, 6) is -0.684. The number of aromatic nitrogens is 2. The number of anilines is 2. The number of fused-ring (bicyclic) bond motifs is 1. The number of nitrogen functional groups attached to an aromatic ring is 1. The van der Waals surface area contributed by atoms with Gasteiger partial charge in [-0.25, -0.2) is 9.37 Å². The molecule has 1 saturated heterocycles. The van der Waals surface area contributed by atoms with Crippen molar-refractivity contribution in [2.24, 2.45) is 5.73 Å². The molecule has 0 saturated carbocycles. The summed E-state index contributed by atoms with van der Waals surface area (Å²) in [7, 11) is 3.31. The first-order valence-electron chi connectivity index (χ1n) is 12.0. The molecule has 36 heavy (non-hydrogen) atoms. The second-order valence-corrected chi connectivity index (χ2v) is 9.44. The molecule has 184 valence electrons. The van der Waals surface area contributed by atoms with E-state index in [0.717, 1.165) is 42.4 Å². The van der Waals surface area contributed by atoms with Crippen molar-refractivity contribution >= 4 is 28.1 Å². The fourth-order valence-electron chi connectivity index (χ4n) is 4.73. The van der Waals surface area contributed by atoms with Crippen LogP contribution in [-0.4, -0.2) is 54.0 Å². The highest BCUT2D eigenvalue weighted by Gasteiger charge is 2.20. The van der Waals surface area contributed by atoms with Crippen LogP contribution in [0.4, 0.5) is 15.8 Å². The molecule has 0 spiro atoms. The topological polar surface area (TPSA) is 101 Å². The van der Waals surface area contributed by atoms with Gasteiger partial charge in [0, 0.05) is 67.0 Å². The molecule has 2 aromatic heterocycles. The van der Waals surface area contributed by atoms with Crippen LogP contribution in [0.1, 0.15) is 23.2 Å². The largest absolute Gasteiger partial charge is 0.397 e. The van der Waals surface area contributed by atoms with Gasteiger partial charge in [0.1, 0.15) is 11.5 Å². The predicted octanol–water partition coefficient (Wildman–Crippen LogP) is 4.31. The molecule has 4 aromatic rings. The van der Waals surface area contributed by atoms with Gasteiger partial charge in [0.25, 0.3) is 5.91 Å². The van der Waals surface area contributed by atoms with E-state index >= 15 is 0 Å². The van der Waals surface area contributed by atoms with Gasteiger partial charge >= 0.3 is 0 Å². The van der Waals surface area contributed by atoms with Crippen molar-refractivity contribution in [1.29, 1.82) is 0 Å². The van der Waals surface area contributed by atoms with E-state index in [9.17, 15) is 9.18 Å². The zero-order valence-corrected chi connectivity index (χ0v) is 20.4. The Bertz CT molecular complexity index is 1450. The molecule has 3 heterocycles. The fourth-order valence-corrected chi connectivity index (χ4v) is 4.73. The number of rotatable bonds is 4. The molecule has 0 aliphatic carbocycles. The lowest BCUT2D eigenvalue weighted by atomic mass is 10.0. The molecular weight excluding hydrogens is 455 g/mol. The number of amides is 1. The van der Waals surface area contributed by atoms with Gasteiger partial charge in [0.05, 0.1) is 17.1 Å². The van der Waals surface area contributed by atoms with Crippen molar-refractivity contribution < 1.29 is 9.18 Å². The van der Waals surface area contributed by atoms with Crippen molar-refractivity contribution in [2.75, 3.05) is 37.8 Å². The number of halogens is 1. The number of carbonyl (C=O) groups excluding carboxylic acids is 1. The third kappa shape index (κ3) is 4.47. The third-order valence-corrected chi connectivity index (χ3v) is 6.60. The van der Waals surface area contributed by atoms with E-state index in [1.807, 2.05) is 24.4 Å². The number of nitrogens with two attached hydrogens (primary N) is 2. The Hall–Kier alpha value is -4.04. The van der Waals surface area contributed by atoms with E-state index < -0.39 is 5.82 Å². The van der Waals surface area contributed by atoms with E-state index in [1.165, 1.54) is 23.1 Å². The average Bonchev–Trinajstić information content (AvgIpc) is 2.88. The molecule has 1 atom stereocenters. The lowest BCUT2D eigenvalue weighted by Gasteiger charge is -2.33. The van der Waals surface area contributed by atoms with Crippen LogP contribution in [0.3, 0.4) is 0 Å². The molecule has 7 nitrogen and oxygen atoms in total. The third-order valence-electron chi connectivity index (χ3n) is 6.60. The Balaban J connectivity index is 1.59. The highest BCUT2D eigenvalue weighted by atomic mass is 19.1.